The maximum Gasteiger partial charge on any atom is 0.313 e. The Morgan fingerprint density at radius 2 is 1.94 bits per heavy atom. The number of benzene rings is 1. The highest BCUT2D eigenvalue weighted by Gasteiger charge is 2.75. The molecule has 5 atom stereocenters. The molecule has 0 aliphatic carbocycles. The minimum absolute atomic E-state index is 0.0540. The molecule has 1 N–H and O–H groups in total. The largest absolute Gasteiger partial charge is 0.461 e. The lowest BCUT2D eigenvalue weighted by Gasteiger charge is -2.38. The Balaban J connectivity index is 1.43. The molecule has 4 aliphatic heterocycles. The third kappa shape index (κ3) is 3.02. The maximum absolute atomic E-state index is 14.1. The second kappa shape index (κ2) is 8.24. The molecular formula is C25H27N5O6. The first-order chi connectivity index (χ1) is 17.5. The molecule has 4 aliphatic rings. The van der Waals surface area contributed by atoms with Gasteiger partial charge in [0.15, 0.2) is 0 Å². The molecular weight excluding hydrogens is 466 g/mol. The number of para-hydroxylation sites is 1. The van der Waals surface area contributed by atoms with Crippen molar-refractivity contribution in [3.05, 3.63) is 48.6 Å². The molecule has 2 amide bonds. The minimum atomic E-state index is -1.37. The number of fused-ring (bicyclic) bond motifs is 3. The predicted octanol–water partition coefficient (Wildman–Crippen LogP) is 0.254. The number of carbonyl (C=O) groups is 3. The second-order valence-electron chi connectivity index (χ2n) is 9.59. The summed E-state index contributed by atoms with van der Waals surface area (Å²) in [6, 6.07) is 6.41. The molecule has 1 aromatic heterocycles. The number of ether oxygens (including phenoxy) is 2. The summed E-state index contributed by atoms with van der Waals surface area (Å²) in [5.74, 6) is -3.10. The Bertz CT molecular complexity index is 1300. The monoisotopic (exact) mass is 493 g/mol. The highest BCUT2D eigenvalue weighted by Crippen LogP contribution is 2.58. The van der Waals surface area contributed by atoms with Crippen LogP contribution in [0.3, 0.4) is 0 Å². The molecule has 1 unspecified atom stereocenters. The molecule has 0 saturated carbocycles. The zero-order chi connectivity index (χ0) is 25.1. The number of aliphatic hydroxyl groups excluding tert-OH is 1. The molecule has 5 heterocycles. The van der Waals surface area contributed by atoms with Gasteiger partial charge in [-0.05, 0) is 24.6 Å². The van der Waals surface area contributed by atoms with Crippen LogP contribution in [0, 0.1) is 11.8 Å². The lowest BCUT2D eigenvalue weighted by molar-refractivity contribution is -0.159. The fourth-order valence-electron chi connectivity index (χ4n) is 6.30. The summed E-state index contributed by atoms with van der Waals surface area (Å²) in [5.41, 5.74) is -0.958. The minimum Gasteiger partial charge on any atom is -0.461 e. The van der Waals surface area contributed by atoms with Crippen LogP contribution in [-0.2, 0) is 30.5 Å². The van der Waals surface area contributed by atoms with Crippen LogP contribution >= 0.6 is 0 Å². The summed E-state index contributed by atoms with van der Waals surface area (Å²) >= 11 is 0. The van der Waals surface area contributed by atoms with Crippen LogP contribution in [0.25, 0.3) is 11.0 Å². The average Bonchev–Trinajstić information content (AvgIpc) is 3.41. The average molecular weight is 494 g/mol. The van der Waals surface area contributed by atoms with E-state index >= 15 is 0 Å². The molecule has 11 nitrogen and oxygen atoms in total. The Morgan fingerprint density at radius 1 is 1.11 bits per heavy atom. The van der Waals surface area contributed by atoms with Gasteiger partial charge in [0.25, 0.3) is 5.91 Å². The smallest absolute Gasteiger partial charge is 0.313 e. The number of nitrogens with zero attached hydrogens (tertiary/aromatic N) is 5. The van der Waals surface area contributed by atoms with Crippen LogP contribution in [0.15, 0.2) is 48.6 Å². The Hall–Kier alpha value is -3.57. The van der Waals surface area contributed by atoms with Gasteiger partial charge in [0.1, 0.15) is 42.0 Å². The van der Waals surface area contributed by atoms with Crippen molar-refractivity contribution in [2.24, 2.45) is 11.8 Å². The first-order valence-corrected chi connectivity index (χ1v) is 12.2. The van der Waals surface area contributed by atoms with Crippen LogP contribution in [0.2, 0.25) is 0 Å². The van der Waals surface area contributed by atoms with Gasteiger partial charge in [-0.3, -0.25) is 14.4 Å². The standard InChI is InChI=1S/C25H27N5O6/c1-2-24-9-6-14-35-23(34)19(24)18-21(32)29(12-13-31)20-22(33)28(11-5-10-25(18,20)36-24)15-30-17-8-4-3-7-16(17)26-27-30/h3-10,18-20,31H,2,11-15H2,1H3/t18-,19-,20?,24+,25-/m0/s1. The first-order valence-electron chi connectivity index (χ1n) is 12.2. The number of β-amino-alcohol motifs (C(OH)–C–C–N with tert-alkyl or cyclic N) is 1. The van der Waals surface area contributed by atoms with E-state index in [0.717, 1.165) is 5.52 Å². The predicted molar refractivity (Wildman–Crippen MR) is 125 cm³/mol. The van der Waals surface area contributed by atoms with Crippen LogP contribution < -0.4 is 0 Å². The number of esters is 1. The Morgan fingerprint density at radius 3 is 2.75 bits per heavy atom. The number of hydrogen-bond acceptors (Lipinski definition) is 8. The van der Waals surface area contributed by atoms with Gasteiger partial charge in [0.2, 0.25) is 5.91 Å². The number of cyclic esters (lactones) is 1. The summed E-state index contributed by atoms with van der Waals surface area (Å²) in [6.45, 7) is 1.99. The lowest BCUT2D eigenvalue weighted by Crippen LogP contribution is -2.56. The van der Waals surface area contributed by atoms with Crippen molar-refractivity contribution in [2.45, 2.75) is 37.3 Å². The highest BCUT2D eigenvalue weighted by molar-refractivity contribution is 5.99. The van der Waals surface area contributed by atoms with Crippen LogP contribution in [0.4, 0.5) is 0 Å². The first kappa shape index (κ1) is 22.9. The van der Waals surface area contributed by atoms with Gasteiger partial charge in [0.05, 0.1) is 18.0 Å². The van der Waals surface area contributed by atoms with E-state index in [-0.39, 0.29) is 38.9 Å². The third-order valence-electron chi connectivity index (χ3n) is 7.84. The maximum atomic E-state index is 14.1. The summed E-state index contributed by atoms with van der Waals surface area (Å²) in [4.78, 5) is 44.1. The van der Waals surface area contributed by atoms with E-state index in [1.807, 2.05) is 37.3 Å². The topological polar surface area (TPSA) is 127 Å². The second-order valence-corrected chi connectivity index (χ2v) is 9.59. The van der Waals surface area contributed by atoms with E-state index in [1.54, 1.807) is 27.8 Å². The molecule has 1 spiro atoms. The fourth-order valence-corrected chi connectivity index (χ4v) is 6.30. The van der Waals surface area contributed by atoms with E-state index < -0.39 is 41.0 Å². The van der Waals surface area contributed by atoms with Crippen molar-refractivity contribution in [3.8, 4) is 0 Å². The number of aromatic nitrogens is 3. The quantitative estimate of drug-likeness (QED) is 0.464. The molecule has 11 heteroatoms. The molecule has 188 valence electrons. The number of rotatable bonds is 5. The van der Waals surface area contributed by atoms with Gasteiger partial charge < -0.3 is 24.4 Å². The molecule has 36 heavy (non-hydrogen) atoms. The fraction of sp³-hybridized carbons (Fsp3) is 0.480. The number of hydrogen-bond donors (Lipinski definition) is 1. The van der Waals surface area contributed by atoms with Gasteiger partial charge >= 0.3 is 5.97 Å². The van der Waals surface area contributed by atoms with Crippen molar-refractivity contribution in [1.82, 2.24) is 24.8 Å². The molecule has 2 aromatic rings. The van der Waals surface area contributed by atoms with Gasteiger partial charge in [0, 0.05) is 13.1 Å². The molecule has 1 aromatic carbocycles. The Kier molecular flexibility index (Phi) is 5.23. The van der Waals surface area contributed by atoms with E-state index in [1.165, 1.54) is 4.90 Å². The normalized spacial score (nSPS) is 33.4. The van der Waals surface area contributed by atoms with Gasteiger partial charge in [-0.25, -0.2) is 4.68 Å². The molecule has 2 fully saturated rings. The molecule has 2 saturated heterocycles. The van der Waals surface area contributed by atoms with E-state index in [2.05, 4.69) is 10.3 Å². The lowest BCUT2D eigenvalue weighted by atomic mass is 9.73. The molecule has 0 radical (unpaired) electrons. The van der Waals surface area contributed by atoms with E-state index in [0.29, 0.717) is 11.9 Å². The highest BCUT2D eigenvalue weighted by atomic mass is 16.6. The van der Waals surface area contributed by atoms with Crippen LogP contribution in [-0.4, -0.2) is 91.2 Å². The number of carbonyl (C=O) groups excluding carboxylic acids is 3. The SMILES string of the molecule is CC[C@@]12C=CCOC(=O)[C@@H]1[C@H]1C(=O)N(CCO)C3C(=O)N(Cn4nnc5ccccc54)CC=C[C@@]31O2. The van der Waals surface area contributed by atoms with Crippen molar-refractivity contribution in [2.75, 3.05) is 26.3 Å². The van der Waals surface area contributed by atoms with Crippen molar-refractivity contribution in [1.29, 1.82) is 0 Å². The number of likely N-dealkylation sites (tertiary alicyclic amines) is 1. The van der Waals surface area contributed by atoms with Crippen LogP contribution in [0.5, 0.6) is 0 Å². The van der Waals surface area contributed by atoms with Gasteiger partial charge in [-0.15, -0.1) is 5.10 Å². The summed E-state index contributed by atoms with van der Waals surface area (Å²) in [5, 5.41) is 18.1. The molecule has 0 bridgehead atoms. The molecule has 6 rings (SSSR count). The number of aliphatic hydroxyl groups is 1. The third-order valence-corrected chi connectivity index (χ3v) is 7.84. The van der Waals surface area contributed by atoms with Gasteiger partial charge in [-0.2, -0.15) is 0 Å². The van der Waals surface area contributed by atoms with Crippen molar-refractivity contribution >= 4 is 28.8 Å². The van der Waals surface area contributed by atoms with E-state index in [4.69, 9.17) is 9.47 Å². The van der Waals surface area contributed by atoms with Crippen LogP contribution in [0.1, 0.15) is 13.3 Å². The zero-order valence-corrected chi connectivity index (χ0v) is 19.8. The zero-order valence-electron chi connectivity index (χ0n) is 19.8. The summed E-state index contributed by atoms with van der Waals surface area (Å²) in [7, 11) is 0. The van der Waals surface area contributed by atoms with Crippen molar-refractivity contribution < 1.29 is 29.0 Å². The summed E-state index contributed by atoms with van der Waals surface area (Å²) < 4.78 is 13.8. The van der Waals surface area contributed by atoms with Crippen molar-refractivity contribution in [3.63, 3.8) is 0 Å². The Labute approximate surface area is 206 Å². The number of amides is 2. The summed E-state index contributed by atoms with van der Waals surface area (Å²) in [6.07, 6.45) is 7.54. The van der Waals surface area contributed by atoms with E-state index in [9.17, 15) is 19.5 Å². The van der Waals surface area contributed by atoms with Gasteiger partial charge in [-0.1, -0.05) is 42.5 Å².